The number of benzene rings is 2. The van der Waals surface area contributed by atoms with E-state index < -0.39 is 29.5 Å². The van der Waals surface area contributed by atoms with Gasteiger partial charge < -0.3 is 19.4 Å². The first-order valence-corrected chi connectivity index (χ1v) is 16.0. The van der Waals surface area contributed by atoms with E-state index in [0.717, 1.165) is 18.1 Å². The lowest BCUT2D eigenvalue weighted by atomic mass is 10.00. The average molecular weight is 657 g/mol. The molecule has 6 rings (SSSR count). The van der Waals surface area contributed by atoms with E-state index in [4.69, 9.17) is 9.84 Å². The zero-order chi connectivity index (χ0) is 33.7. The van der Waals surface area contributed by atoms with Gasteiger partial charge in [0.25, 0.3) is 0 Å². The summed E-state index contributed by atoms with van der Waals surface area (Å²) >= 11 is 0. The number of likely N-dealkylation sites (tertiary alicyclic amines) is 1. The minimum atomic E-state index is -4.59. The van der Waals surface area contributed by atoms with Gasteiger partial charge in [-0.3, -0.25) is 9.58 Å². The lowest BCUT2D eigenvalue weighted by Crippen LogP contribution is -2.54. The van der Waals surface area contributed by atoms with Crippen LogP contribution in [0.4, 0.5) is 38.7 Å². The molecule has 1 aromatic heterocycles. The molecule has 4 heterocycles. The molecule has 0 N–H and O–H groups in total. The number of ether oxygens (including phenoxy) is 1. The van der Waals surface area contributed by atoms with Gasteiger partial charge in [-0.2, -0.15) is 18.3 Å². The molecule has 2 aromatic carbocycles. The van der Waals surface area contributed by atoms with Crippen LogP contribution < -0.4 is 9.80 Å². The summed E-state index contributed by atoms with van der Waals surface area (Å²) in [6, 6.07) is 9.46. The molecule has 0 aliphatic carbocycles. The Labute approximate surface area is 271 Å². The highest BCUT2D eigenvalue weighted by Gasteiger charge is 2.41. The number of aryl methyl sites for hydroxylation is 1. The lowest BCUT2D eigenvalue weighted by Gasteiger charge is -2.43. The van der Waals surface area contributed by atoms with E-state index in [1.165, 1.54) is 29.2 Å². The van der Waals surface area contributed by atoms with E-state index in [1.54, 1.807) is 41.3 Å². The zero-order valence-electron chi connectivity index (χ0n) is 27.1. The molecular formula is C34H40F4N6O3. The van der Waals surface area contributed by atoms with Gasteiger partial charge in [0, 0.05) is 37.4 Å². The van der Waals surface area contributed by atoms with Crippen LogP contribution in [0.2, 0.25) is 0 Å². The Kier molecular flexibility index (Phi) is 8.60. The Bertz CT molecular complexity index is 1620. The van der Waals surface area contributed by atoms with Gasteiger partial charge in [-0.25, -0.2) is 14.0 Å². The van der Waals surface area contributed by atoms with Crippen molar-refractivity contribution in [2.45, 2.75) is 90.5 Å². The maximum Gasteiger partial charge on any atom is 0.416 e. The number of anilines is 2. The van der Waals surface area contributed by atoms with Gasteiger partial charge in [0.05, 0.1) is 36.9 Å². The standard InChI is InChI=1S/C34H40F4N6O3/c1-22-8-7-11-28(35)29(22)40-15-12-25(13-16-40)43-20-24-18-41(21-26-14-17-42(26)32(46)47-33(2,3)4)39-30(24)44(31(43)45)19-23-9-5-6-10-27(23)34(36,37)38/h5-11,18,25-26H,12-17,19-21H2,1-4H3/t26-/m1/s1. The van der Waals surface area contributed by atoms with Crippen LogP contribution >= 0.6 is 0 Å². The number of halogens is 4. The molecule has 3 aliphatic heterocycles. The molecule has 3 amide bonds. The predicted octanol–water partition coefficient (Wildman–Crippen LogP) is 6.97. The van der Waals surface area contributed by atoms with E-state index in [0.29, 0.717) is 56.1 Å². The quantitative estimate of drug-likeness (QED) is 0.268. The third-order valence-electron chi connectivity index (χ3n) is 9.12. The summed E-state index contributed by atoms with van der Waals surface area (Å²) in [4.78, 5) is 33.6. The predicted molar refractivity (Wildman–Crippen MR) is 169 cm³/mol. The number of carbonyl (C=O) groups is 2. The lowest BCUT2D eigenvalue weighted by molar-refractivity contribution is -0.138. The van der Waals surface area contributed by atoms with E-state index in [9.17, 15) is 27.2 Å². The molecule has 9 nitrogen and oxygen atoms in total. The fraction of sp³-hybridized carbons (Fsp3) is 0.500. The van der Waals surface area contributed by atoms with Gasteiger partial charge in [-0.05, 0) is 70.2 Å². The van der Waals surface area contributed by atoms with Crippen molar-refractivity contribution in [1.82, 2.24) is 19.6 Å². The van der Waals surface area contributed by atoms with Gasteiger partial charge in [-0.1, -0.05) is 30.3 Å². The van der Waals surface area contributed by atoms with Crippen molar-refractivity contribution in [3.63, 3.8) is 0 Å². The van der Waals surface area contributed by atoms with Gasteiger partial charge in [-0.15, -0.1) is 0 Å². The number of urea groups is 1. The summed E-state index contributed by atoms with van der Waals surface area (Å²) in [6.07, 6.45) is -1.29. The van der Waals surface area contributed by atoms with Gasteiger partial charge in [0.2, 0.25) is 0 Å². The highest BCUT2D eigenvalue weighted by Crippen LogP contribution is 2.37. The number of amides is 3. The summed E-state index contributed by atoms with van der Waals surface area (Å²) < 4.78 is 63.9. The van der Waals surface area contributed by atoms with Crippen molar-refractivity contribution < 1.29 is 31.9 Å². The van der Waals surface area contributed by atoms with Crippen molar-refractivity contribution >= 4 is 23.6 Å². The molecular weight excluding hydrogens is 616 g/mol. The molecule has 3 aliphatic rings. The fourth-order valence-electron chi connectivity index (χ4n) is 6.75. The Hall–Kier alpha value is -4.29. The summed E-state index contributed by atoms with van der Waals surface area (Å²) in [5, 5.41) is 4.70. The monoisotopic (exact) mass is 656 g/mol. The second kappa shape index (κ2) is 12.4. The molecule has 0 bridgehead atoms. The Morgan fingerprint density at radius 1 is 1.00 bits per heavy atom. The Balaban J connectivity index is 1.26. The minimum Gasteiger partial charge on any atom is -0.444 e. The third-order valence-corrected chi connectivity index (χ3v) is 9.12. The highest BCUT2D eigenvalue weighted by molar-refractivity contribution is 5.94. The maximum atomic E-state index is 14.7. The summed E-state index contributed by atoms with van der Waals surface area (Å²) in [7, 11) is 0. The van der Waals surface area contributed by atoms with Crippen LogP contribution in [-0.2, 0) is 30.5 Å². The maximum absolute atomic E-state index is 14.7. The molecule has 3 aromatic rings. The number of nitrogens with zero attached hydrogens (tertiary/aromatic N) is 6. The van der Waals surface area contributed by atoms with Crippen LogP contribution in [0, 0.1) is 12.7 Å². The molecule has 252 valence electrons. The molecule has 0 spiro atoms. The van der Waals surface area contributed by atoms with Crippen molar-refractivity contribution in [2.24, 2.45) is 0 Å². The van der Waals surface area contributed by atoms with Crippen molar-refractivity contribution in [2.75, 3.05) is 29.4 Å². The second-order valence-electron chi connectivity index (χ2n) is 13.6. The van der Waals surface area contributed by atoms with Crippen LogP contribution in [0.25, 0.3) is 0 Å². The van der Waals surface area contributed by atoms with E-state index in [2.05, 4.69) is 0 Å². The van der Waals surface area contributed by atoms with Crippen LogP contribution in [0.1, 0.15) is 62.3 Å². The second-order valence-corrected chi connectivity index (χ2v) is 13.6. The number of alkyl halides is 3. The number of aromatic nitrogens is 2. The molecule has 2 saturated heterocycles. The molecule has 0 radical (unpaired) electrons. The summed E-state index contributed by atoms with van der Waals surface area (Å²) in [5.41, 5.74) is 0.632. The van der Waals surface area contributed by atoms with Gasteiger partial charge >= 0.3 is 18.3 Å². The van der Waals surface area contributed by atoms with Crippen LogP contribution in [-0.4, -0.2) is 69.0 Å². The smallest absolute Gasteiger partial charge is 0.416 e. The number of rotatable bonds is 6. The average Bonchev–Trinajstić information content (AvgIpc) is 3.38. The van der Waals surface area contributed by atoms with Crippen LogP contribution in [0.5, 0.6) is 0 Å². The van der Waals surface area contributed by atoms with E-state index in [1.807, 2.05) is 24.1 Å². The first-order valence-electron chi connectivity index (χ1n) is 16.0. The van der Waals surface area contributed by atoms with Gasteiger partial charge in [0.15, 0.2) is 5.82 Å². The summed E-state index contributed by atoms with van der Waals surface area (Å²) in [5.74, 6) is 0.0199. The summed E-state index contributed by atoms with van der Waals surface area (Å²) in [6.45, 7) is 9.19. The van der Waals surface area contributed by atoms with Crippen molar-refractivity contribution in [3.05, 3.63) is 76.7 Å². The number of piperidine rings is 1. The molecule has 1 atom stereocenters. The fourth-order valence-corrected chi connectivity index (χ4v) is 6.75. The number of carbonyl (C=O) groups excluding carboxylic acids is 2. The Morgan fingerprint density at radius 3 is 2.36 bits per heavy atom. The first kappa shape index (κ1) is 32.6. The number of fused-ring (bicyclic) bond motifs is 1. The first-order chi connectivity index (χ1) is 22.2. The molecule has 13 heteroatoms. The molecule has 0 saturated carbocycles. The van der Waals surface area contributed by atoms with Crippen molar-refractivity contribution in [3.8, 4) is 0 Å². The van der Waals surface area contributed by atoms with Gasteiger partial charge in [0.1, 0.15) is 11.4 Å². The minimum absolute atomic E-state index is 0.0318. The zero-order valence-corrected chi connectivity index (χ0v) is 27.1. The van der Waals surface area contributed by atoms with E-state index >= 15 is 0 Å². The number of para-hydroxylation sites is 1. The number of hydrogen-bond acceptors (Lipinski definition) is 5. The van der Waals surface area contributed by atoms with Crippen molar-refractivity contribution in [1.29, 1.82) is 0 Å². The molecule has 47 heavy (non-hydrogen) atoms. The SMILES string of the molecule is Cc1cccc(F)c1N1CCC(N2Cc3cn(C[C@H]4CCN4C(=O)OC(C)(C)C)nc3N(Cc3ccccc3C(F)(F)F)C2=O)CC1. The molecule has 0 unspecified atom stereocenters. The molecule has 2 fully saturated rings. The topological polar surface area (TPSA) is 74.2 Å². The van der Waals surface area contributed by atoms with E-state index in [-0.39, 0.29) is 36.6 Å². The highest BCUT2D eigenvalue weighted by atomic mass is 19.4. The largest absolute Gasteiger partial charge is 0.444 e. The van der Waals surface area contributed by atoms with Crippen LogP contribution in [0.3, 0.4) is 0 Å². The number of hydrogen-bond donors (Lipinski definition) is 0. The Morgan fingerprint density at radius 2 is 1.72 bits per heavy atom. The normalized spacial score (nSPS) is 19.1. The van der Waals surface area contributed by atoms with Crippen LogP contribution in [0.15, 0.2) is 48.7 Å². The third kappa shape index (κ3) is 6.75.